The van der Waals surface area contributed by atoms with Crippen LogP contribution in [0.3, 0.4) is 0 Å². The van der Waals surface area contributed by atoms with E-state index in [2.05, 4.69) is 5.32 Å². The van der Waals surface area contributed by atoms with Crippen LogP contribution in [0.15, 0.2) is 0 Å². The first-order valence-electron chi connectivity index (χ1n) is 6.21. The second kappa shape index (κ2) is 5.69. The molecule has 0 aliphatic carbocycles. The second-order valence-electron chi connectivity index (χ2n) is 5.48. The molecule has 1 fully saturated rings. The van der Waals surface area contributed by atoms with E-state index >= 15 is 0 Å². The van der Waals surface area contributed by atoms with Crippen molar-refractivity contribution < 1.29 is 14.6 Å². The summed E-state index contributed by atoms with van der Waals surface area (Å²) in [6.45, 7) is 8.87. The van der Waals surface area contributed by atoms with Gasteiger partial charge in [-0.2, -0.15) is 0 Å². The van der Waals surface area contributed by atoms with Crippen molar-refractivity contribution >= 4 is 6.09 Å². The minimum atomic E-state index is -0.477. The van der Waals surface area contributed by atoms with E-state index < -0.39 is 5.60 Å². The summed E-state index contributed by atoms with van der Waals surface area (Å²) in [4.78, 5) is 13.8. The number of carbonyl (C=O) groups is 1. The number of aliphatic hydroxyl groups excluding tert-OH is 1. The van der Waals surface area contributed by atoms with Crippen molar-refractivity contribution in [2.45, 2.75) is 51.8 Å². The normalized spacial score (nSPS) is 25.8. The Morgan fingerprint density at radius 1 is 1.53 bits per heavy atom. The monoisotopic (exact) mass is 244 g/mol. The summed E-state index contributed by atoms with van der Waals surface area (Å²) in [6, 6.07) is 0.0953. The number of carbonyl (C=O) groups excluding carboxylic acids is 1. The Hall–Kier alpha value is -0.810. The van der Waals surface area contributed by atoms with Crippen LogP contribution in [0.5, 0.6) is 0 Å². The van der Waals surface area contributed by atoms with E-state index in [1.807, 2.05) is 27.7 Å². The Balaban J connectivity index is 2.66. The van der Waals surface area contributed by atoms with Crippen molar-refractivity contribution in [2.75, 3.05) is 19.7 Å². The molecule has 17 heavy (non-hydrogen) atoms. The van der Waals surface area contributed by atoms with Crippen LogP contribution in [-0.4, -0.2) is 53.5 Å². The van der Waals surface area contributed by atoms with Crippen LogP contribution in [0.2, 0.25) is 0 Å². The predicted octanol–water partition coefficient (Wildman–Crippen LogP) is 0.966. The molecular formula is C12H24N2O3. The third-order valence-corrected chi connectivity index (χ3v) is 2.82. The van der Waals surface area contributed by atoms with Crippen molar-refractivity contribution in [1.29, 1.82) is 0 Å². The molecular weight excluding hydrogens is 220 g/mol. The first-order valence-corrected chi connectivity index (χ1v) is 6.21. The topological polar surface area (TPSA) is 61.8 Å². The van der Waals surface area contributed by atoms with E-state index in [1.165, 1.54) is 0 Å². The fraction of sp³-hybridized carbons (Fsp3) is 0.917. The summed E-state index contributed by atoms with van der Waals surface area (Å²) < 4.78 is 5.38. The molecule has 0 unspecified atom stereocenters. The number of ether oxygens (including phenoxy) is 1. The second-order valence-corrected chi connectivity index (χ2v) is 5.48. The molecule has 1 aliphatic rings. The Morgan fingerprint density at radius 2 is 2.18 bits per heavy atom. The molecule has 1 rings (SSSR count). The first kappa shape index (κ1) is 14.3. The van der Waals surface area contributed by atoms with E-state index in [9.17, 15) is 4.79 Å². The maximum Gasteiger partial charge on any atom is 0.410 e. The maximum absolute atomic E-state index is 12.0. The fourth-order valence-electron chi connectivity index (χ4n) is 1.90. The zero-order valence-electron chi connectivity index (χ0n) is 11.2. The van der Waals surface area contributed by atoms with Crippen LogP contribution in [0.4, 0.5) is 4.79 Å². The zero-order chi connectivity index (χ0) is 13.1. The summed E-state index contributed by atoms with van der Waals surface area (Å²) in [6.07, 6.45) is 0.592. The van der Waals surface area contributed by atoms with Gasteiger partial charge in [-0.05, 0) is 27.2 Å². The number of nitrogens with one attached hydrogen (secondary N) is 1. The highest BCUT2D eigenvalue weighted by molar-refractivity contribution is 5.68. The van der Waals surface area contributed by atoms with Gasteiger partial charge in [-0.3, -0.25) is 0 Å². The Bertz CT molecular complexity index is 263. The number of amides is 1. The van der Waals surface area contributed by atoms with Crippen LogP contribution in [0, 0.1) is 0 Å². The van der Waals surface area contributed by atoms with Crippen LogP contribution >= 0.6 is 0 Å². The molecule has 2 N–H and O–H groups in total. The highest BCUT2D eigenvalue weighted by Crippen LogP contribution is 2.16. The Morgan fingerprint density at radius 3 is 2.65 bits per heavy atom. The summed E-state index contributed by atoms with van der Waals surface area (Å²) in [5, 5.41) is 12.4. The molecule has 1 saturated heterocycles. The minimum Gasteiger partial charge on any atom is -0.444 e. The smallest absolute Gasteiger partial charge is 0.410 e. The molecule has 100 valence electrons. The van der Waals surface area contributed by atoms with E-state index in [1.54, 1.807) is 4.90 Å². The average molecular weight is 244 g/mol. The number of hydrogen-bond acceptors (Lipinski definition) is 4. The average Bonchev–Trinajstić information content (AvgIpc) is 2.25. The van der Waals surface area contributed by atoms with Crippen molar-refractivity contribution in [3.05, 3.63) is 0 Å². The lowest BCUT2D eigenvalue weighted by molar-refractivity contribution is 0.00407. The first-order chi connectivity index (χ1) is 7.87. The lowest BCUT2D eigenvalue weighted by Gasteiger charge is -2.40. The van der Waals surface area contributed by atoms with Crippen molar-refractivity contribution in [3.63, 3.8) is 0 Å². The number of rotatable bonds is 2. The van der Waals surface area contributed by atoms with Crippen LogP contribution in [-0.2, 0) is 4.74 Å². The van der Waals surface area contributed by atoms with E-state index in [4.69, 9.17) is 9.84 Å². The van der Waals surface area contributed by atoms with Gasteiger partial charge in [-0.1, -0.05) is 6.92 Å². The molecule has 0 aromatic heterocycles. The quantitative estimate of drug-likeness (QED) is 0.759. The number of nitrogens with zero attached hydrogens (tertiary/aromatic N) is 1. The van der Waals surface area contributed by atoms with E-state index in [-0.39, 0.29) is 24.8 Å². The van der Waals surface area contributed by atoms with Gasteiger partial charge in [0.15, 0.2) is 0 Å². The van der Waals surface area contributed by atoms with Gasteiger partial charge >= 0.3 is 6.09 Å². The van der Waals surface area contributed by atoms with Gasteiger partial charge in [0, 0.05) is 25.2 Å². The third-order valence-electron chi connectivity index (χ3n) is 2.82. The molecule has 0 spiro atoms. The van der Waals surface area contributed by atoms with Crippen molar-refractivity contribution in [2.24, 2.45) is 0 Å². The molecule has 5 nitrogen and oxygen atoms in total. The zero-order valence-corrected chi connectivity index (χ0v) is 11.2. The molecule has 0 saturated carbocycles. The number of aliphatic hydroxyl groups is 1. The largest absolute Gasteiger partial charge is 0.444 e. The molecule has 0 aromatic carbocycles. The molecule has 1 aliphatic heterocycles. The van der Waals surface area contributed by atoms with Crippen LogP contribution in [0.1, 0.15) is 34.1 Å². The van der Waals surface area contributed by atoms with E-state index in [0.29, 0.717) is 13.1 Å². The molecule has 2 atom stereocenters. The standard InChI is InChI=1S/C12H24N2O3/c1-5-10-6-13-9(8-15)7-14(10)11(16)17-12(2,3)4/h9-10,13,15H,5-8H2,1-4H3/t9-,10-/m0/s1. The van der Waals surface area contributed by atoms with Crippen LogP contribution < -0.4 is 5.32 Å². The Kier molecular flexibility index (Phi) is 4.77. The predicted molar refractivity (Wildman–Crippen MR) is 65.9 cm³/mol. The Labute approximate surface area is 103 Å². The molecule has 5 heteroatoms. The number of hydrogen-bond donors (Lipinski definition) is 2. The molecule has 0 radical (unpaired) electrons. The highest BCUT2D eigenvalue weighted by Gasteiger charge is 2.32. The van der Waals surface area contributed by atoms with Crippen molar-refractivity contribution in [1.82, 2.24) is 10.2 Å². The molecule has 1 amide bonds. The van der Waals surface area contributed by atoms with Crippen LogP contribution in [0.25, 0.3) is 0 Å². The minimum absolute atomic E-state index is 0.0374. The van der Waals surface area contributed by atoms with E-state index in [0.717, 1.165) is 6.42 Å². The summed E-state index contributed by atoms with van der Waals surface area (Å²) in [7, 11) is 0. The summed E-state index contributed by atoms with van der Waals surface area (Å²) in [5.41, 5.74) is -0.477. The molecule has 1 heterocycles. The molecule has 0 bridgehead atoms. The molecule has 0 aromatic rings. The van der Waals surface area contributed by atoms with Gasteiger partial charge in [0.1, 0.15) is 5.60 Å². The van der Waals surface area contributed by atoms with Gasteiger partial charge in [0.25, 0.3) is 0 Å². The van der Waals surface area contributed by atoms with Gasteiger partial charge in [-0.15, -0.1) is 0 Å². The summed E-state index contributed by atoms with van der Waals surface area (Å²) >= 11 is 0. The fourth-order valence-corrected chi connectivity index (χ4v) is 1.90. The van der Waals surface area contributed by atoms with Crippen molar-refractivity contribution in [3.8, 4) is 0 Å². The summed E-state index contributed by atoms with van der Waals surface area (Å²) in [5.74, 6) is 0. The maximum atomic E-state index is 12.0. The highest BCUT2D eigenvalue weighted by atomic mass is 16.6. The lowest BCUT2D eigenvalue weighted by atomic mass is 10.1. The third kappa shape index (κ3) is 4.16. The van der Waals surface area contributed by atoms with Gasteiger partial charge in [0.2, 0.25) is 0 Å². The van der Waals surface area contributed by atoms with Gasteiger partial charge in [-0.25, -0.2) is 4.79 Å². The number of piperazine rings is 1. The van der Waals surface area contributed by atoms with Gasteiger partial charge < -0.3 is 20.1 Å². The SMILES string of the molecule is CC[C@H]1CN[C@H](CO)CN1C(=O)OC(C)(C)C. The van der Waals surface area contributed by atoms with Gasteiger partial charge in [0.05, 0.1) is 6.61 Å². The lowest BCUT2D eigenvalue weighted by Crippen LogP contribution is -2.59.